The third-order valence-electron chi connectivity index (χ3n) is 8.95. The molecule has 0 radical (unpaired) electrons. The number of aromatic nitrogens is 3. The Morgan fingerprint density at radius 2 is 0.694 bits per heavy atom. The molecule has 9 rings (SSSR count). The van der Waals surface area contributed by atoms with E-state index < -0.39 is 0 Å². The zero-order valence-electron chi connectivity index (χ0n) is 26.5. The van der Waals surface area contributed by atoms with Gasteiger partial charge in [0.1, 0.15) is 11.2 Å². The van der Waals surface area contributed by atoms with Crippen LogP contribution in [0.2, 0.25) is 0 Å². The molecule has 0 unspecified atom stereocenters. The summed E-state index contributed by atoms with van der Waals surface area (Å²) in [5, 5.41) is 2.08. The molecule has 0 atom stereocenters. The van der Waals surface area contributed by atoms with E-state index >= 15 is 0 Å². The van der Waals surface area contributed by atoms with E-state index in [2.05, 4.69) is 146 Å². The standard InChI is InChI=1S/C45H29N3O/c1-4-11-30(12-5-1)33-19-21-34(22-20-33)43-46-44(37-18-10-17-35(27-37)31-13-6-2-7-14-31)48-45(47-43)38-24-26-41-40(28-38)39-25-23-36(29-42(39)49-41)32-15-8-3-9-16-32/h1-29H. The molecule has 49 heavy (non-hydrogen) atoms. The second-order valence-corrected chi connectivity index (χ2v) is 12.1. The fraction of sp³-hybridized carbons (Fsp3) is 0. The molecule has 2 heterocycles. The zero-order valence-corrected chi connectivity index (χ0v) is 26.5. The normalized spacial score (nSPS) is 11.3. The lowest BCUT2D eigenvalue weighted by atomic mass is 10.0. The molecule has 0 spiro atoms. The van der Waals surface area contributed by atoms with Gasteiger partial charge < -0.3 is 4.42 Å². The van der Waals surface area contributed by atoms with Crippen molar-refractivity contribution in [2.24, 2.45) is 0 Å². The van der Waals surface area contributed by atoms with Crippen molar-refractivity contribution in [2.45, 2.75) is 0 Å². The lowest BCUT2D eigenvalue weighted by Gasteiger charge is -2.10. The second-order valence-electron chi connectivity index (χ2n) is 12.1. The highest BCUT2D eigenvalue weighted by molar-refractivity contribution is 6.07. The van der Waals surface area contributed by atoms with E-state index in [-0.39, 0.29) is 0 Å². The van der Waals surface area contributed by atoms with Crippen molar-refractivity contribution in [3.63, 3.8) is 0 Å². The van der Waals surface area contributed by atoms with Gasteiger partial charge in [0.25, 0.3) is 0 Å². The van der Waals surface area contributed by atoms with Gasteiger partial charge in [-0.2, -0.15) is 0 Å². The number of rotatable bonds is 6. The Morgan fingerprint density at radius 1 is 0.265 bits per heavy atom. The summed E-state index contributed by atoms with van der Waals surface area (Å²) in [6, 6.07) is 60.5. The van der Waals surface area contributed by atoms with Crippen LogP contribution in [0, 0.1) is 0 Å². The van der Waals surface area contributed by atoms with Gasteiger partial charge in [0.2, 0.25) is 0 Å². The number of furan rings is 1. The molecular formula is C45H29N3O. The second kappa shape index (κ2) is 12.2. The molecule has 0 aliphatic carbocycles. The number of benzene rings is 7. The topological polar surface area (TPSA) is 51.8 Å². The average Bonchev–Trinajstić information content (AvgIpc) is 3.56. The highest BCUT2D eigenvalue weighted by Gasteiger charge is 2.16. The van der Waals surface area contributed by atoms with Crippen molar-refractivity contribution in [1.82, 2.24) is 15.0 Å². The summed E-state index contributed by atoms with van der Waals surface area (Å²) in [4.78, 5) is 15.2. The molecule has 0 saturated carbocycles. The first-order valence-electron chi connectivity index (χ1n) is 16.4. The maximum Gasteiger partial charge on any atom is 0.164 e. The summed E-state index contributed by atoms with van der Waals surface area (Å²) in [6.07, 6.45) is 0. The van der Waals surface area contributed by atoms with E-state index in [9.17, 15) is 0 Å². The van der Waals surface area contributed by atoms with Crippen LogP contribution in [0.1, 0.15) is 0 Å². The van der Waals surface area contributed by atoms with Gasteiger partial charge in [-0.05, 0) is 69.8 Å². The largest absolute Gasteiger partial charge is 0.456 e. The molecule has 230 valence electrons. The van der Waals surface area contributed by atoms with Gasteiger partial charge in [0.05, 0.1) is 0 Å². The molecular weight excluding hydrogens is 599 g/mol. The fourth-order valence-electron chi connectivity index (χ4n) is 6.40. The maximum atomic E-state index is 6.34. The quantitative estimate of drug-likeness (QED) is 0.184. The van der Waals surface area contributed by atoms with Crippen LogP contribution in [0.25, 0.3) is 89.5 Å². The van der Waals surface area contributed by atoms with E-state index in [1.54, 1.807) is 0 Å². The molecule has 0 aliphatic heterocycles. The number of nitrogens with zero attached hydrogens (tertiary/aromatic N) is 3. The van der Waals surface area contributed by atoms with Crippen molar-refractivity contribution < 1.29 is 4.42 Å². The van der Waals surface area contributed by atoms with Crippen molar-refractivity contribution >= 4 is 21.9 Å². The molecule has 0 amide bonds. The fourth-order valence-corrected chi connectivity index (χ4v) is 6.40. The summed E-state index contributed by atoms with van der Waals surface area (Å²) >= 11 is 0. The highest BCUT2D eigenvalue weighted by atomic mass is 16.3. The third-order valence-corrected chi connectivity index (χ3v) is 8.95. The smallest absolute Gasteiger partial charge is 0.164 e. The van der Waals surface area contributed by atoms with Crippen LogP contribution in [0.4, 0.5) is 0 Å². The molecule has 0 bridgehead atoms. The third kappa shape index (κ3) is 5.56. The van der Waals surface area contributed by atoms with Crippen molar-refractivity contribution in [2.75, 3.05) is 0 Å². The van der Waals surface area contributed by atoms with Gasteiger partial charge in [-0.15, -0.1) is 0 Å². The lowest BCUT2D eigenvalue weighted by Crippen LogP contribution is -2.00. The van der Waals surface area contributed by atoms with Gasteiger partial charge >= 0.3 is 0 Å². The summed E-state index contributed by atoms with van der Waals surface area (Å²) in [7, 11) is 0. The molecule has 4 nitrogen and oxygen atoms in total. The summed E-state index contributed by atoms with van der Waals surface area (Å²) in [5.41, 5.74) is 11.3. The predicted molar refractivity (Wildman–Crippen MR) is 200 cm³/mol. The Labute approximate surface area is 284 Å². The Balaban J connectivity index is 1.17. The average molecular weight is 628 g/mol. The first-order chi connectivity index (χ1) is 24.2. The Hall–Kier alpha value is -6.65. The Morgan fingerprint density at radius 3 is 1.33 bits per heavy atom. The van der Waals surface area contributed by atoms with Crippen molar-refractivity contribution in [3.05, 3.63) is 176 Å². The Kier molecular flexibility index (Phi) is 7.10. The number of fused-ring (bicyclic) bond motifs is 3. The van der Waals surface area contributed by atoms with Crippen LogP contribution in [-0.4, -0.2) is 15.0 Å². The lowest BCUT2D eigenvalue weighted by molar-refractivity contribution is 0.669. The predicted octanol–water partition coefficient (Wildman–Crippen LogP) is 11.8. The van der Waals surface area contributed by atoms with Crippen LogP contribution in [0.5, 0.6) is 0 Å². The van der Waals surface area contributed by atoms with Gasteiger partial charge in [-0.25, -0.2) is 15.0 Å². The highest BCUT2D eigenvalue weighted by Crippen LogP contribution is 2.35. The van der Waals surface area contributed by atoms with Gasteiger partial charge in [-0.3, -0.25) is 0 Å². The van der Waals surface area contributed by atoms with E-state index in [1.165, 1.54) is 5.56 Å². The SMILES string of the molecule is c1ccc(-c2ccc(-c3nc(-c4cccc(-c5ccccc5)c4)nc(-c4ccc5oc6cc(-c7ccccc7)ccc6c5c4)n3)cc2)cc1. The number of hydrogen-bond acceptors (Lipinski definition) is 4. The van der Waals surface area contributed by atoms with E-state index in [1.807, 2.05) is 30.3 Å². The van der Waals surface area contributed by atoms with E-state index in [4.69, 9.17) is 19.4 Å². The first kappa shape index (κ1) is 28.6. The molecule has 2 aromatic heterocycles. The maximum absolute atomic E-state index is 6.34. The molecule has 0 saturated heterocycles. The molecule has 9 aromatic rings. The van der Waals surface area contributed by atoms with Crippen LogP contribution >= 0.6 is 0 Å². The summed E-state index contributed by atoms with van der Waals surface area (Å²) in [5.74, 6) is 1.85. The molecule has 0 aliphatic rings. The zero-order chi connectivity index (χ0) is 32.6. The summed E-state index contributed by atoms with van der Waals surface area (Å²) < 4.78 is 6.34. The molecule has 7 aromatic carbocycles. The monoisotopic (exact) mass is 627 g/mol. The van der Waals surface area contributed by atoms with Crippen LogP contribution in [-0.2, 0) is 0 Å². The first-order valence-corrected chi connectivity index (χ1v) is 16.4. The van der Waals surface area contributed by atoms with Gasteiger partial charge in [0.15, 0.2) is 17.5 Å². The molecule has 0 N–H and O–H groups in total. The van der Waals surface area contributed by atoms with E-state index in [0.29, 0.717) is 17.5 Å². The van der Waals surface area contributed by atoms with Gasteiger partial charge in [-0.1, -0.05) is 140 Å². The van der Waals surface area contributed by atoms with Crippen molar-refractivity contribution in [3.8, 4) is 67.5 Å². The summed E-state index contributed by atoms with van der Waals surface area (Å²) in [6.45, 7) is 0. The molecule has 4 heteroatoms. The van der Waals surface area contributed by atoms with E-state index in [0.717, 1.165) is 66.4 Å². The minimum atomic E-state index is 0.606. The van der Waals surface area contributed by atoms with Crippen LogP contribution < -0.4 is 0 Å². The minimum absolute atomic E-state index is 0.606. The Bertz CT molecular complexity index is 2580. The van der Waals surface area contributed by atoms with Crippen LogP contribution in [0.15, 0.2) is 180 Å². The number of hydrogen-bond donors (Lipinski definition) is 0. The van der Waals surface area contributed by atoms with Crippen LogP contribution in [0.3, 0.4) is 0 Å². The molecule has 0 fully saturated rings. The van der Waals surface area contributed by atoms with Gasteiger partial charge in [0, 0.05) is 27.5 Å². The van der Waals surface area contributed by atoms with Crippen molar-refractivity contribution in [1.29, 1.82) is 0 Å². The minimum Gasteiger partial charge on any atom is -0.456 e.